The number of nitrogen functional groups attached to an aromatic ring is 1. The summed E-state index contributed by atoms with van der Waals surface area (Å²) in [4.78, 5) is 8.73. The van der Waals surface area contributed by atoms with Crippen molar-refractivity contribution in [1.29, 1.82) is 0 Å². The lowest BCUT2D eigenvalue weighted by molar-refractivity contribution is 1.21. The smallest absolute Gasteiger partial charge is 0.0713 e. The molecule has 0 unspecified atom stereocenters. The minimum absolute atomic E-state index is 0.720. The number of hydrogen-bond donors (Lipinski definition) is 1. The molecular weight excluding hydrogens is 222 g/mol. The SMILES string of the molecule is Cc1nc(-c2cccc3ccncc23)ccc1N. The number of nitrogens with two attached hydrogens (primary N) is 1. The number of rotatable bonds is 1. The van der Waals surface area contributed by atoms with Gasteiger partial charge in [0.2, 0.25) is 0 Å². The molecule has 0 fully saturated rings. The van der Waals surface area contributed by atoms with Crippen LogP contribution in [0.2, 0.25) is 0 Å². The minimum atomic E-state index is 0.720. The first kappa shape index (κ1) is 10.7. The van der Waals surface area contributed by atoms with E-state index in [0.29, 0.717) is 0 Å². The molecular formula is C15H13N3. The van der Waals surface area contributed by atoms with Crippen molar-refractivity contribution in [1.82, 2.24) is 9.97 Å². The van der Waals surface area contributed by atoms with Crippen molar-refractivity contribution < 1.29 is 0 Å². The lowest BCUT2D eigenvalue weighted by Gasteiger charge is -2.07. The van der Waals surface area contributed by atoms with Crippen molar-refractivity contribution >= 4 is 16.5 Å². The number of pyridine rings is 2. The Balaban J connectivity index is 2.28. The van der Waals surface area contributed by atoms with Gasteiger partial charge in [0.25, 0.3) is 0 Å². The van der Waals surface area contributed by atoms with Crippen LogP contribution in [-0.4, -0.2) is 9.97 Å². The molecule has 0 aliphatic rings. The quantitative estimate of drug-likeness (QED) is 0.704. The lowest BCUT2D eigenvalue weighted by Crippen LogP contribution is -1.94. The van der Waals surface area contributed by atoms with Gasteiger partial charge >= 0.3 is 0 Å². The van der Waals surface area contributed by atoms with E-state index in [-0.39, 0.29) is 0 Å². The number of aryl methyl sites for hydroxylation is 1. The van der Waals surface area contributed by atoms with Crippen LogP contribution in [-0.2, 0) is 0 Å². The first-order chi connectivity index (χ1) is 8.75. The number of hydrogen-bond acceptors (Lipinski definition) is 3. The van der Waals surface area contributed by atoms with Gasteiger partial charge < -0.3 is 5.73 Å². The number of anilines is 1. The molecule has 0 saturated heterocycles. The van der Waals surface area contributed by atoms with Gasteiger partial charge in [-0.3, -0.25) is 9.97 Å². The van der Waals surface area contributed by atoms with E-state index in [1.54, 1.807) is 6.20 Å². The Labute approximate surface area is 105 Å². The molecule has 1 aromatic carbocycles. The van der Waals surface area contributed by atoms with Crippen LogP contribution in [0.4, 0.5) is 5.69 Å². The van der Waals surface area contributed by atoms with Gasteiger partial charge in [0, 0.05) is 23.3 Å². The molecule has 3 rings (SSSR count). The summed E-state index contributed by atoms with van der Waals surface area (Å²) in [6, 6.07) is 12.0. The fourth-order valence-corrected chi connectivity index (χ4v) is 2.06. The van der Waals surface area contributed by atoms with Crippen molar-refractivity contribution in [3.8, 4) is 11.3 Å². The maximum absolute atomic E-state index is 5.80. The van der Waals surface area contributed by atoms with Crippen LogP contribution in [0.15, 0.2) is 48.8 Å². The highest BCUT2D eigenvalue weighted by atomic mass is 14.7. The Hall–Kier alpha value is -2.42. The average Bonchev–Trinajstić information content (AvgIpc) is 2.41. The van der Waals surface area contributed by atoms with E-state index in [0.717, 1.165) is 28.0 Å². The lowest BCUT2D eigenvalue weighted by atomic mass is 10.0. The first-order valence-electron chi connectivity index (χ1n) is 5.82. The van der Waals surface area contributed by atoms with E-state index in [2.05, 4.69) is 22.1 Å². The summed E-state index contributed by atoms with van der Waals surface area (Å²) in [5, 5.41) is 2.27. The van der Waals surface area contributed by atoms with Crippen LogP contribution < -0.4 is 5.73 Å². The summed E-state index contributed by atoms with van der Waals surface area (Å²) in [7, 11) is 0. The second kappa shape index (κ2) is 4.11. The highest BCUT2D eigenvalue weighted by Crippen LogP contribution is 2.27. The Morgan fingerprint density at radius 1 is 1.06 bits per heavy atom. The molecule has 2 aromatic heterocycles. The summed E-state index contributed by atoms with van der Waals surface area (Å²) in [6.45, 7) is 1.92. The third-order valence-corrected chi connectivity index (χ3v) is 3.09. The monoisotopic (exact) mass is 235 g/mol. The maximum Gasteiger partial charge on any atom is 0.0713 e. The maximum atomic E-state index is 5.80. The topological polar surface area (TPSA) is 51.8 Å². The number of nitrogens with zero attached hydrogens (tertiary/aromatic N) is 2. The van der Waals surface area contributed by atoms with E-state index in [1.165, 1.54) is 5.39 Å². The summed E-state index contributed by atoms with van der Waals surface area (Å²) < 4.78 is 0. The molecule has 0 radical (unpaired) electrons. The number of aromatic nitrogens is 2. The van der Waals surface area contributed by atoms with E-state index < -0.39 is 0 Å². The molecule has 0 spiro atoms. The molecule has 0 aliphatic carbocycles. The van der Waals surface area contributed by atoms with Gasteiger partial charge in [0.15, 0.2) is 0 Å². The van der Waals surface area contributed by atoms with Crippen molar-refractivity contribution in [2.75, 3.05) is 5.73 Å². The fourth-order valence-electron chi connectivity index (χ4n) is 2.06. The van der Waals surface area contributed by atoms with Crippen molar-refractivity contribution in [2.24, 2.45) is 0 Å². The molecule has 0 bridgehead atoms. The van der Waals surface area contributed by atoms with Crippen LogP contribution in [0.1, 0.15) is 5.69 Å². The third kappa shape index (κ3) is 1.70. The van der Waals surface area contributed by atoms with E-state index in [9.17, 15) is 0 Å². The van der Waals surface area contributed by atoms with Gasteiger partial charge in [-0.25, -0.2) is 0 Å². The second-order valence-electron chi connectivity index (χ2n) is 4.27. The van der Waals surface area contributed by atoms with Crippen LogP contribution in [0, 0.1) is 6.92 Å². The van der Waals surface area contributed by atoms with Gasteiger partial charge in [0.1, 0.15) is 0 Å². The van der Waals surface area contributed by atoms with Crippen LogP contribution >= 0.6 is 0 Å². The number of fused-ring (bicyclic) bond motifs is 1. The van der Waals surface area contributed by atoms with Crippen LogP contribution in [0.25, 0.3) is 22.0 Å². The Bertz CT molecular complexity index is 715. The molecule has 88 valence electrons. The average molecular weight is 235 g/mol. The molecule has 2 N–H and O–H groups in total. The second-order valence-corrected chi connectivity index (χ2v) is 4.27. The van der Waals surface area contributed by atoms with Crippen molar-refractivity contribution in [3.63, 3.8) is 0 Å². The Kier molecular flexibility index (Phi) is 2.45. The predicted octanol–water partition coefficient (Wildman–Crippen LogP) is 3.19. The van der Waals surface area contributed by atoms with Gasteiger partial charge in [-0.05, 0) is 30.5 Å². The Morgan fingerprint density at radius 3 is 2.78 bits per heavy atom. The molecule has 3 nitrogen and oxygen atoms in total. The minimum Gasteiger partial charge on any atom is -0.397 e. The molecule has 0 saturated carbocycles. The molecule has 2 heterocycles. The summed E-state index contributed by atoms with van der Waals surface area (Å²) in [5.41, 5.74) is 9.40. The van der Waals surface area contributed by atoms with E-state index in [4.69, 9.17) is 5.73 Å². The highest BCUT2D eigenvalue weighted by Gasteiger charge is 2.06. The zero-order valence-corrected chi connectivity index (χ0v) is 10.1. The normalized spacial score (nSPS) is 10.7. The molecule has 0 atom stereocenters. The van der Waals surface area contributed by atoms with Gasteiger partial charge in [0.05, 0.1) is 17.1 Å². The largest absolute Gasteiger partial charge is 0.397 e. The highest BCUT2D eigenvalue weighted by molar-refractivity contribution is 5.95. The van der Waals surface area contributed by atoms with E-state index >= 15 is 0 Å². The fraction of sp³-hybridized carbons (Fsp3) is 0.0667. The van der Waals surface area contributed by atoms with Gasteiger partial charge in [-0.15, -0.1) is 0 Å². The van der Waals surface area contributed by atoms with Crippen LogP contribution in [0.3, 0.4) is 0 Å². The molecule has 18 heavy (non-hydrogen) atoms. The number of benzene rings is 1. The van der Waals surface area contributed by atoms with Gasteiger partial charge in [-0.2, -0.15) is 0 Å². The third-order valence-electron chi connectivity index (χ3n) is 3.09. The summed E-state index contributed by atoms with van der Waals surface area (Å²) >= 11 is 0. The van der Waals surface area contributed by atoms with Crippen molar-refractivity contribution in [3.05, 3.63) is 54.5 Å². The Morgan fingerprint density at radius 2 is 1.94 bits per heavy atom. The molecule has 0 aliphatic heterocycles. The van der Waals surface area contributed by atoms with Crippen LogP contribution in [0.5, 0.6) is 0 Å². The summed E-state index contributed by atoms with van der Waals surface area (Å²) in [6.07, 6.45) is 3.67. The standard InChI is InChI=1S/C15H13N3/c1-10-14(16)5-6-15(18-10)12-4-2-3-11-7-8-17-9-13(11)12/h2-9H,16H2,1H3. The first-order valence-corrected chi connectivity index (χ1v) is 5.82. The van der Waals surface area contributed by atoms with E-state index in [1.807, 2.05) is 37.4 Å². The molecule has 3 heteroatoms. The van der Waals surface area contributed by atoms with Gasteiger partial charge in [-0.1, -0.05) is 18.2 Å². The zero-order chi connectivity index (χ0) is 12.5. The predicted molar refractivity (Wildman–Crippen MR) is 74.1 cm³/mol. The molecule has 3 aromatic rings. The summed E-state index contributed by atoms with van der Waals surface area (Å²) in [5.74, 6) is 0. The zero-order valence-electron chi connectivity index (χ0n) is 10.1. The molecule has 0 amide bonds. The van der Waals surface area contributed by atoms with Crippen molar-refractivity contribution in [2.45, 2.75) is 6.92 Å².